The van der Waals surface area contributed by atoms with E-state index in [4.69, 9.17) is 4.74 Å². The third-order valence-corrected chi connectivity index (χ3v) is 5.48. The van der Waals surface area contributed by atoms with E-state index in [1.165, 1.54) is 11.3 Å². The van der Waals surface area contributed by atoms with Crippen molar-refractivity contribution in [2.24, 2.45) is 0 Å². The minimum atomic E-state index is -0.912. The van der Waals surface area contributed by atoms with Crippen molar-refractivity contribution in [3.05, 3.63) is 59.7 Å². The van der Waals surface area contributed by atoms with Crippen LogP contribution in [0.25, 0.3) is 11.3 Å². The van der Waals surface area contributed by atoms with Gasteiger partial charge in [0.25, 0.3) is 5.91 Å². The van der Waals surface area contributed by atoms with E-state index in [9.17, 15) is 14.4 Å². The molecule has 0 saturated carbocycles. The molecule has 1 aliphatic rings. The van der Waals surface area contributed by atoms with E-state index < -0.39 is 23.9 Å². The van der Waals surface area contributed by atoms with Crippen molar-refractivity contribution in [1.82, 2.24) is 20.2 Å². The Bertz CT molecular complexity index is 1100. The van der Waals surface area contributed by atoms with Gasteiger partial charge >= 0.3 is 6.03 Å². The zero-order valence-electron chi connectivity index (χ0n) is 16.6. The Labute approximate surface area is 182 Å². The maximum Gasteiger partial charge on any atom is 0.325 e. The number of thiazole rings is 1. The summed E-state index contributed by atoms with van der Waals surface area (Å²) in [5.41, 5.74) is 2.39. The highest BCUT2D eigenvalue weighted by molar-refractivity contribution is 7.14. The number of nitrogens with one attached hydrogen (secondary N) is 2. The maximum absolute atomic E-state index is 12.6. The first-order chi connectivity index (χ1) is 15.0. The van der Waals surface area contributed by atoms with Crippen molar-refractivity contribution in [2.75, 3.05) is 12.4 Å². The third-order valence-electron chi connectivity index (χ3n) is 4.72. The molecule has 1 fully saturated rings. The van der Waals surface area contributed by atoms with E-state index in [1.54, 1.807) is 43.8 Å². The van der Waals surface area contributed by atoms with Crippen molar-refractivity contribution in [3.63, 3.8) is 0 Å². The van der Waals surface area contributed by atoms with Crippen LogP contribution in [0.15, 0.2) is 54.2 Å². The number of ether oxygens (including phenoxy) is 1. The van der Waals surface area contributed by atoms with Gasteiger partial charge in [-0.15, -0.1) is 11.3 Å². The van der Waals surface area contributed by atoms with Crippen LogP contribution in [0.5, 0.6) is 5.75 Å². The highest BCUT2D eigenvalue weighted by Crippen LogP contribution is 2.24. The van der Waals surface area contributed by atoms with E-state index in [0.29, 0.717) is 10.9 Å². The van der Waals surface area contributed by atoms with Gasteiger partial charge in [-0.25, -0.2) is 9.78 Å². The maximum atomic E-state index is 12.6. The molecular formula is C21H19N5O4S. The van der Waals surface area contributed by atoms with Crippen LogP contribution in [0.2, 0.25) is 0 Å². The highest BCUT2D eigenvalue weighted by Gasteiger charge is 2.39. The van der Waals surface area contributed by atoms with Crippen molar-refractivity contribution in [1.29, 1.82) is 0 Å². The molecule has 1 atom stereocenters. The number of aromatic nitrogens is 2. The predicted molar refractivity (Wildman–Crippen MR) is 114 cm³/mol. The first-order valence-corrected chi connectivity index (χ1v) is 10.3. The van der Waals surface area contributed by atoms with Crippen molar-refractivity contribution in [2.45, 2.75) is 19.0 Å². The van der Waals surface area contributed by atoms with Gasteiger partial charge in [0, 0.05) is 23.3 Å². The fourth-order valence-corrected chi connectivity index (χ4v) is 3.86. The molecule has 2 N–H and O–H groups in total. The Morgan fingerprint density at radius 2 is 1.94 bits per heavy atom. The number of anilines is 1. The number of rotatable bonds is 7. The van der Waals surface area contributed by atoms with Gasteiger partial charge in [-0.1, -0.05) is 12.1 Å². The van der Waals surface area contributed by atoms with E-state index in [-0.39, 0.29) is 13.0 Å². The van der Waals surface area contributed by atoms with E-state index in [1.807, 2.05) is 17.5 Å². The summed E-state index contributed by atoms with van der Waals surface area (Å²) < 4.78 is 5.11. The summed E-state index contributed by atoms with van der Waals surface area (Å²) in [4.78, 5) is 46.7. The van der Waals surface area contributed by atoms with Crippen LogP contribution in [-0.4, -0.2) is 45.9 Å². The van der Waals surface area contributed by atoms with Gasteiger partial charge in [-0.2, -0.15) is 0 Å². The highest BCUT2D eigenvalue weighted by atomic mass is 32.1. The second-order valence-corrected chi connectivity index (χ2v) is 7.66. The van der Waals surface area contributed by atoms with Crippen molar-refractivity contribution >= 4 is 34.3 Å². The molecule has 3 aromatic rings. The summed E-state index contributed by atoms with van der Waals surface area (Å²) in [7, 11) is 1.56. The molecule has 4 amide bonds. The van der Waals surface area contributed by atoms with Gasteiger partial charge in [0.1, 0.15) is 11.8 Å². The molecule has 1 saturated heterocycles. The van der Waals surface area contributed by atoms with E-state index in [0.717, 1.165) is 21.7 Å². The third kappa shape index (κ3) is 4.69. The lowest BCUT2D eigenvalue weighted by atomic mass is 10.1. The average Bonchev–Trinajstić information content (AvgIpc) is 3.35. The minimum Gasteiger partial charge on any atom is -0.497 e. The molecular weight excluding hydrogens is 418 g/mol. The average molecular weight is 437 g/mol. The smallest absolute Gasteiger partial charge is 0.325 e. The molecule has 1 unspecified atom stereocenters. The Morgan fingerprint density at radius 1 is 1.19 bits per heavy atom. The molecule has 0 radical (unpaired) electrons. The van der Waals surface area contributed by atoms with Crippen LogP contribution in [-0.2, 0) is 16.1 Å². The zero-order valence-corrected chi connectivity index (χ0v) is 17.4. The normalized spacial score (nSPS) is 15.6. The quantitative estimate of drug-likeness (QED) is 0.550. The fraction of sp³-hybridized carbons (Fsp3) is 0.190. The summed E-state index contributed by atoms with van der Waals surface area (Å²) in [6.45, 7) is 0.120. The van der Waals surface area contributed by atoms with E-state index in [2.05, 4.69) is 20.6 Å². The Morgan fingerprint density at radius 3 is 2.65 bits per heavy atom. The van der Waals surface area contributed by atoms with Crippen LogP contribution in [0.4, 0.5) is 9.93 Å². The first-order valence-electron chi connectivity index (χ1n) is 9.44. The molecule has 31 heavy (non-hydrogen) atoms. The molecule has 1 aliphatic heterocycles. The molecule has 10 heteroatoms. The lowest BCUT2D eigenvalue weighted by Crippen LogP contribution is -2.34. The van der Waals surface area contributed by atoms with Crippen LogP contribution in [0.1, 0.15) is 12.0 Å². The lowest BCUT2D eigenvalue weighted by molar-refractivity contribution is -0.130. The number of amides is 4. The number of carbonyl (C=O) groups excluding carboxylic acids is 3. The molecule has 0 spiro atoms. The molecule has 4 rings (SSSR count). The minimum absolute atomic E-state index is 0.120. The van der Waals surface area contributed by atoms with Crippen LogP contribution in [0, 0.1) is 0 Å². The second-order valence-electron chi connectivity index (χ2n) is 6.80. The van der Waals surface area contributed by atoms with Gasteiger partial charge < -0.3 is 15.4 Å². The number of hydrogen-bond donors (Lipinski definition) is 2. The molecule has 1 aromatic carbocycles. The molecule has 3 heterocycles. The summed E-state index contributed by atoms with van der Waals surface area (Å²) in [5, 5.41) is 7.50. The number of benzene rings is 1. The van der Waals surface area contributed by atoms with Gasteiger partial charge in [0.15, 0.2) is 5.13 Å². The number of carbonyl (C=O) groups is 3. The number of hydrogen-bond acceptors (Lipinski definition) is 7. The van der Waals surface area contributed by atoms with Crippen LogP contribution in [0.3, 0.4) is 0 Å². The number of methoxy groups -OCH3 is 1. The monoisotopic (exact) mass is 437 g/mol. The predicted octanol–water partition coefficient (Wildman–Crippen LogP) is 2.66. The Balaban J connectivity index is 1.35. The van der Waals surface area contributed by atoms with Gasteiger partial charge in [-0.05, 0) is 29.8 Å². The van der Waals surface area contributed by atoms with Gasteiger partial charge in [-0.3, -0.25) is 19.5 Å². The summed E-state index contributed by atoms with van der Waals surface area (Å²) >= 11 is 1.28. The van der Waals surface area contributed by atoms with Crippen LogP contribution >= 0.6 is 11.3 Å². The first kappa shape index (κ1) is 20.5. The van der Waals surface area contributed by atoms with Crippen molar-refractivity contribution in [3.8, 4) is 17.0 Å². The standard InChI is InChI=1S/C21H19N5O4S/c1-30-15-4-2-13(3-5-15)11-26-19(28)16(24-21(26)29)10-18(27)25-20-23-17(12-31-20)14-6-8-22-9-7-14/h2-9,12,16H,10-11H2,1H3,(H,24,29)(H,23,25,27). The number of pyridine rings is 1. The van der Waals surface area contributed by atoms with E-state index >= 15 is 0 Å². The summed E-state index contributed by atoms with van der Waals surface area (Å²) in [6.07, 6.45) is 3.16. The second kappa shape index (κ2) is 8.92. The Hall–Kier alpha value is -3.79. The van der Waals surface area contributed by atoms with Gasteiger partial charge in [0.2, 0.25) is 5.91 Å². The summed E-state index contributed by atoms with van der Waals surface area (Å²) in [6, 6.07) is 9.29. The molecule has 0 aliphatic carbocycles. The largest absolute Gasteiger partial charge is 0.497 e. The SMILES string of the molecule is COc1ccc(CN2C(=O)NC(CC(=O)Nc3nc(-c4ccncc4)cs3)C2=O)cc1. The summed E-state index contributed by atoms with van der Waals surface area (Å²) in [5.74, 6) is -0.155. The molecule has 9 nitrogen and oxygen atoms in total. The lowest BCUT2D eigenvalue weighted by Gasteiger charge is -2.13. The molecule has 158 valence electrons. The molecule has 0 bridgehead atoms. The van der Waals surface area contributed by atoms with Gasteiger partial charge in [0.05, 0.1) is 25.8 Å². The molecule has 2 aromatic heterocycles. The Kier molecular flexibility index (Phi) is 5.89. The van der Waals surface area contributed by atoms with Crippen molar-refractivity contribution < 1.29 is 19.1 Å². The number of nitrogens with zero attached hydrogens (tertiary/aromatic N) is 3. The van der Waals surface area contributed by atoms with Crippen LogP contribution < -0.4 is 15.4 Å². The number of urea groups is 1. The zero-order chi connectivity index (χ0) is 21.8. The fourth-order valence-electron chi connectivity index (χ4n) is 3.12. The number of imide groups is 1. The topological polar surface area (TPSA) is 114 Å².